The Labute approximate surface area is 154 Å². The van der Waals surface area contributed by atoms with Gasteiger partial charge in [0.05, 0.1) is 30.8 Å². The van der Waals surface area contributed by atoms with Crippen LogP contribution in [-0.4, -0.2) is 72.2 Å². The Balaban J connectivity index is 1.85. The van der Waals surface area contributed by atoms with E-state index in [0.717, 1.165) is 0 Å². The van der Waals surface area contributed by atoms with Crippen LogP contribution in [0.4, 0.5) is 4.79 Å². The Morgan fingerprint density at radius 2 is 2.04 bits per heavy atom. The average molecular weight is 384 g/mol. The molecule has 3 aliphatic heterocycles. The first-order valence-electron chi connectivity index (χ1n) is 8.08. The molecular weight excluding hydrogens is 366 g/mol. The normalized spacial score (nSPS) is 37.6. The van der Waals surface area contributed by atoms with E-state index >= 15 is 0 Å². The van der Waals surface area contributed by atoms with E-state index in [4.69, 9.17) is 31.7 Å². The van der Waals surface area contributed by atoms with Gasteiger partial charge in [-0.1, -0.05) is 0 Å². The number of primary amides is 1. The molecule has 3 heterocycles. The quantitative estimate of drug-likeness (QED) is 0.407. The van der Waals surface area contributed by atoms with E-state index in [1.165, 1.54) is 14.2 Å². The molecule has 0 aromatic carbocycles. The molecule has 4 aliphatic rings. The van der Waals surface area contributed by atoms with Crippen molar-refractivity contribution < 1.29 is 28.6 Å². The molecule has 0 spiro atoms. The van der Waals surface area contributed by atoms with Crippen molar-refractivity contribution in [2.75, 3.05) is 27.4 Å². The van der Waals surface area contributed by atoms with Crippen LogP contribution in [0.2, 0.25) is 0 Å². The van der Waals surface area contributed by atoms with Crippen molar-refractivity contribution in [2.45, 2.75) is 24.7 Å². The van der Waals surface area contributed by atoms with Gasteiger partial charge in [-0.25, -0.2) is 9.21 Å². The van der Waals surface area contributed by atoms with Gasteiger partial charge in [0, 0.05) is 24.8 Å². The number of amides is 1. The molecule has 2 fully saturated rings. The number of ketones is 2. The number of hydrogen-bond acceptors (Lipinski definition) is 8. The summed E-state index contributed by atoms with van der Waals surface area (Å²) in [7, 11) is 2.82. The van der Waals surface area contributed by atoms with E-state index < -0.39 is 23.5 Å². The summed E-state index contributed by atoms with van der Waals surface area (Å²) in [5.74, 6) is -1.45. The van der Waals surface area contributed by atoms with Gasteiger partial charge in [0.2, 0.25) is 11.6 Å². The first kappa shape index (κ1) is 17.3. The maximum Gasteiger partial charge on any atom is 0.404 e. The van der Waals surface area contributed by atoms with Crippen LogP contribution in [0.1, 0.15) is 6.92 Å². The highest BCUT2D eigenvalue weighted by Crippen LogP contribution is 2.60. The number of carbonyl (C=O) groups is 3. The smallest absolute Gasteiger partial charge is 0.404 e. The van der Waals surface area contributed by atoms with E-state index in [1.54, 1.807) is 16.2 Å². The van der Waals surface area contributed by atoms with E-state index in [1.807, 2.05) is 0 Å². The highest BCUT2D eigenvalue weighted by molar-refractivity contribution is 6.25. The topological polar surface area (TPSA) is 111 Å². The van der Waals surface area contributed by atoms with Crippen LogP contribution in [0.5, 0.6) is 0 Å². The number of piperazine rings is 1. The van der Waals surface area contributed by atoms with Crippen LogP contribution in [0, 0.1) is 5.92 Å². The van der Waals surface area contributed by atoms with Crippen molar-refractivity contribution in [3.63, 3.8) is 0 Å². The number of halogens is 1. The number of carbonyl (C=O) groups excluding carboxylic acids is 3. The van der Waals surface area contributed by atoms with E-state index in [2.05, 4.69) is 0 Å². The van der Waals surface area contributed by atoms with Gasteiger partial charge in [-0.2, -0.15) is 0 Å². The maximum absolute atomic E-state index is 13.0. The molecule has 0 bridgehead atoms. The van der Waals surface area contributed by atoms with Crippen LogP contribution in [0.3, 0.4) is 0 Å². The van der Waals surface area contributed by atoms with Crippen molar-refractivity contribution in [1.29, 1.82) is 0 Å². The summed E-state index contributed by atoms with van der Waals surface area (Å²) in [5, 5.41) is 0. The van der Waals surface area contributed by atoms with Gasteiger partial charge in [-0.3, -0.25) is 9.59 Å². The second-order valence-corrected chi connectivity index (χ2v) is 7.07. The molecule has 0 aromatic rings. The molecule has 26 heavy (non-hydrogen) atoms. The SMILES string of the molecule is COC1=C(C)C(=O)C2=C(C1=O)[C@@H](COC(N)=O)[C@@]1(OC)[C@@H]3[C@H](CN21)N3Cl. The monoisotopic (exact) mass is 383 g/mol. The Morgan fingerprint density at radius 3 is 2.62 bits per heavy atom. The fourth-order valence-electron chi connectivity index (χ4n) is 4.62. The van der Waals surface area contributed by atoms with Crippen molar-refractivity contribution in [2.24, 2.45) is 11.7 Å². The summed E-state index contributed by atoms with van der Waals surface area (Å²) in [6.07, 6.45) is -0.974. The van der Waals surface area contributed by atoms with Gasteiger partial charge in [-0.05, 0) is 18.7 Å². The second-order valence-electron chi connectivity index (χ2n) is 6.68. The lowest BCUT2D eigenvalue weighted by Gasteiger charge is -2.40. The number of nitrogens with zero attached hydrogens (tertiary/aromatic N) is 2. The fourth-order valence-corrected chi connectivity index (χ4v) is 5.01. The van der Waals surface area contributed by atoms with Crippen LogP contribution in [0.15, 0.2) is 22.6 Å². The van der Waals surface area contributed by atoms with Crippen molar-refractivity contribution in [1.82, 2.24) is 9.32 Å². The number of Topliss-reactive ketones (excluding diaryl/α,β-unsaturated/α-hetero) is 2. The van der Waals surface area contributed by atoms with Crippen LogP contribution in [0.25, 0.3) is 0 Å². The number of nitrogens with two attached hydrogens (primary N) is 1. The molecule has 1 amide bonds. The molecule has 0 radical (unpaired) electrons. The Bertz CT molecular complexity index is 808. The van der Waals surface area contributed by atoms with Gasteiger partial charge in [0.15, 0.2) is 11.5 Å². The standard InChI is InChI=1S/C16H18ClN3O6/c1-6-11(21)10-9(12(22)13(6)24-2)7(5-26-15(18)23)16(25-3)14-8(20(14)17)4-19(10)16/h7-8,14H,4-5H2,1-3H3,(H2,18,23)/t7-,8+,14+,16-,20?/m1/s1. The molecule has 140 valence electrons. The zero-order valence-electron chi connectivity index (χ0n) is 14.4. The number of allylic oxidation sites excluding steroid dienone is 2. The highest BCUT2D eigenvalue weighted by Gasteiger charge is 2.76. The largest absolute Gasteiger partial charge is 0.492 e. The molecule has 0 saturated carbocycles. The predicted octanol–water partition coefficient (Wildman–Crippen LogP) is -0.0973. The lowest BCUT2D eigenvalue weighted by atomic mass is 9.83. The van der Waals surface area contributed by atoms with Crippen molar-refractivity contribution in [3.05, 3.63) is 22.6 Å². The number of fused-ring (bicyclic) bond motifs is 4. The number of ether oxygens (including phenoxy) is 3. The first-order chi connectivity index (χ1) is 12.3. The van der Waals surface area contributed by atoms with E-state index in [-0.39, 0.29) is 47.1 Å². The van der Waals surface area contributed by atoms with Gasteiger partial charge < -0.3 is 24.8 Å². The van der Waals surface area contributed by atoms with Crippen LogP contribution < -0.4 is 5.73 Å². The van der Waals surface area contributed by atoms with Gasteiger partial charge in [0.1, 0.15) is 6.61 Å². The third kappa shape index (κ3) is 1.85. The molecule has 1 aliphatic carbocycles. The number of methoxy groups -OCH3 is 2. The van der Waals surface area contributed by atoms with E-state index in [9.17, 15) is 14.4 Å². The maximum atomic E-state index is 13.0. The molecular formula is C16H18ClN3O6. The zero-order valence-corrected chi connectivity index (χ0v) is 15.2. The van der Waals surface area contributed by atoms with Gasteiger partial charge in [0.25, 0.3) is 0 Å². The molecule has 2 saturated heterocycles. The third-order valence-electron chi connectivity index (χ3n) is 5.72. The highest BCUT2D eigenvalue weighted by atomic mass is 35.5. The lowest BCUT2D eigenvalue weighted by Crippen LogP contribution is -2.55. The van der Waals surface area contributed by atoms with Crippen molar-refractivity contribution >= 4 is 29.4 Å². The zero-order chi connectivity index (χ0) is 19.0. The molecule has 10 heteroatoms. The summed E-state index contributed by atoms with van der Waals surface area (Å²) in [4.78, 5) is 39.0. The second kappa shape index (κ2) is 5.45. The summed E-state index contributed by atoms with van der Waals surface area (Å²) in [6, 6.07) is -0.258. The Kier molecular flexibility index (Phi) is 3.63. The summed E-state index contributed by atoms with van der Waals surface area (Å²) >= 11 is 6.24. The fraction of sp³-hybridized carbons (Fsp3) is 0.562. The van der Waals surface area contributed by atoms with E-state index in [0.29, 0.717) is 6.54 Å². The molecule has 4 rings (SSSR count). The van der Waals surface area contributed by atoms with Crippen LogP contribution >= 0.6 is 11.8 Å². The summed E-state index contributed by atoms with van der Waals surface area (Å²) in [5.41, 5.74) is 4.76. The minimum atomic E-state index is -1.08. The average Bonchev–Trinajstić information content (AvgIpc) is 3.00. The molecule has 9 nitrogen and oxygen atoms in total. The van der Waals surface area contributed by atoms with Crippen LogP contribution in [-0.2, 0) is 23.8 Å². The van der Waals surface area contributed by atoms with Crippen molar-refractivity contribution in [3.8, 4) is 0 Å². The van der Waals surface area contributed by atoms with Gasteiger partial charge >= 0.3 is 6.09 Å². The Hall–Kier alpha value is -2.10. The predicted molar refractivity (Wildman–Crippen MR) is 87.5 cm³/mol. The minimum absolute atomic E-state index is 0.0136. The third-order valence-corrected chi connectivity index (χ3v) is 6.18. The molecule has 5 atom stereocenters. The molecule has 0 aromatic heterocycles. The minimum Gasteiger partial charge on any atom is -0.492 e. The van der Waals surface area contributed by atoms with Gasteiger partial charge in [-0.15, -0.1) is 0 Å². The first-order valence-corrected chi connectivity index (χ1v) is 8.42. The number of hydrogen-bond donors (Lipinski definition) is 1. The molecule has 1 unspecified atom stereocenters. The number of rotatable bonds is 4. The Morgan fingerprint density at radius 1 is 1.35 bits per heavy atom. The molecule has 2 N–H and O–H groups in total. The lowest BCUT2D eigenvalue weighted by molar-refractivity contribution is -0.141. The summed E-state index contributed by atoms with van der Waals surface area (Å²) < 4.78 is 17.6. The summed E-state index contributed by atoms with van der Waals surface area (Å²) in [6.45, 7) is 1.78.